The van der Waals surface area contributed by atoms with Gasteiger partial charge in [0.2, 0.25) is 0 Å². The largest absolute Gasteiger partial charge is 0.361 e. The molecule has 3 heterocycles. The molecule has 26 heavy (non-hydrogen) atoms. The summed E-state index contributed by atoms with van der Waals surface area (Å²) >= 11 is 0. The van der Waals surface area contributed by atoms with Gasteiger partial charge in [-0.25, -0.2) is 4.98 Å². The zero-order valence-corrected chi connectivity index (χ0v) is 15.3. The molecule has 1 saturated heterocycles. The number of H-pyrrole nitrogens is 1. The fourth-order valence-electron chi connectivity index (χ4n) is 3.68. The quantitative estimate of drug-likeness (QED) is 0.774. The highest BCUT2D eigenvalue weighted by Crippen LogP contribution is 2.29. The maximum absolute atomic E-state index is 12.6. The van der Waals surface area contributed by atoms with Crippen LogP contribution in [0.1, 0.15) is 59.7 Å². The second-order valence-corrected chi connectivity index (χ2v) is 7.09. The van der Waals surface area contributed by atoms with Crippen LogP contribution in [-0.2, 0) is 6.42 Å². The van der Waals surface area contributed by atoms with Crippen molar-refractivity contribution >= 4 is 16.9 Å². The van der Waals surface area contributed by atoms with E-state index < -0.39 is 0 Å². The number of benzene rings is 1. The molecule has 1 aliphatic heterocycles. The Kier molecular flexibility index (Phi) is 4.49. The first kappa shape index (κ1) is 16.8. The molecular weight excluding hydrogens is 328 g/mol. The molecule has 0 unspecified atom stereocenters. The predicted molar refractivity (Wildman–Crippen MR) is 99.2 cm³/mol. The normalized spacial score (nSPS) is 15.7. The van der Waals surface area contributed by atoms with Crippen LogP contribution < -0.4 is 0 Å². The number of carbonyl (C=O) groups excluding carboxylic acids is 1. The Morgan fingerprint density at radius 2 is 2.15 bits per heavy atom. The Morgan fingerprint density at radius 1 is 1.35 bits per heavy atom. The van der Waals surface area contributed by atoms with Gasteiger partial charge in [0, 0.05) is 31.5 Å². The number of likely N-dealkylation sites (tertiary alicyclic amines) is 1. The number of para-hydroxylation sites is 1. The Balaban J connectivity index is 1.42. The standard InChI is InChI=1S/C20H24N4O2/c1-3-5-15-12-17(23-26-15)20(25)24-10-8-14(9-11-24)19-21-16-7-4-6-13(2)18(16)22-19/h4,6-7,12,14H,3,5,8-11H2,1-2H3,(H,21,22). The summed E-state index contributed by atoms with van der Waals surface area (Å²) in [7, 11) is 0. The molecular formula is C20H24N4O2. The lowest BCUT2D eigenvalue weighted by Crippen LogP contribution is -2.38. The molecule has 1 aromatic carbocycles. The van der Waals surface area contributed by atoms with Crippen molar-refractivity contribution in [1.82, 2.24) is 20.0 Å². The molecule has 3 aromatic rings. The van der Waals surface area contributed by atoms with Gasteiger partial charge >= 0.3 is 0 Å². The monoisotopic (exact) mass is 352 g/mol. The minimum Gasteiger partial charge on any atom is -0.361 e. The maximum atomic E-state index is 12.6. The lowest BCUT2D eigenvalue weighted by atomic mass is 9.96. The topological polar surface area (TPSA) is 75.0 Å². The molecule has 1 fully saturated rings. The van der Waals surface area contributed by atoms with Gasteiger partial charge in [0.1, 0.15) is 11.6 Å². The van der Waals surface area contributed by atoms with Crippen LogP contribution in [0.2, 0.25) is 0 Å². The van der Waals surface area contributed by atoms with Crippen LogP contribution >= 0.6 is 0 Å². The summed E-state index contributed by atoms with van der Waals surface area (Å²) in [5.74, 6) is 2.14. The number of carbonyl (C=O) groups is 1. The van der Waals surface area contributed by atoms with Crippen LogP contribution in [0.5, 0.6) is 0 Å². The number of rotatable bonds is 4. The van der Waals surface area contributed by atoms with Gasteiger partial charge in [0.05, 0.1) is 11.0 Å². The van der Waals surface area contributed by atoms with E-state index in [1.54, 1.807) is 6.07 Å². The molecule has 0 radical (unpaired) electrons. The molecule has 6 nitrogen and oxygen atoms in total. The lowest BCUT2D eigenvalue weighted by Gasteiger charge is -2.30. The molecule has 0 saturated carbocycles. The molecule has 0 atom stereocenters. The maximum Gasteiger partial charge on any atom is 0.276 e. The number of amides is 1. The molecule has 1 N–H and O–H groups in total. The van der Waals surface area contributed by atoms with Crippen molar-refractivity contribution in [3.05, 3.63) is 47.1 Å². The van der Waals surface area contributed by atoms with Gasteiger partial charge in [-0.05, 0) is 37.8 Å². The number of nitrogens with one attached hydrogen (secondary N) is 1. The van der Waals surface area contributed by atoms with Crippen molar-refractivity contribution < 1.29 is 9.32 Å². The van der Waals surface area contributed by atoms with E-state index in [-0.39, 0.29) is 5.91 Å². The van der Waals surface area contributed by atoms with Crippen LogP contribution in [0, 0.1) is 6.92 Å². The van der Waals surface area contributed by atoms with Gasteiger partial charge in [-0.1, -0.05) is 24.2 Å². The first-order valence-electron chi connectivity index (χ1n) is 9.35. The molecule has 1 amide bonds. The summed E-state index contributed by atoms with van der Waals surface area (Å²) in [6.45, 7) is 5.60. The second kappa shape index (κ2) is 6.94. The minimum atomic E-state index is -0.0324. The van der Waals surface area contributed by atoms with Gasteiger partial charge in [-0.3, -0.25) is 4.79 Å². The molecule has 4 rings (SSSR count). The van der Waals surface area contributed by atoms with Crippen molar-refractivity contribution in [2.45, 2.75) is 45.4 Å². The summed E-state index contributed by atoms with van der Waals surface area (Å²) in [6, 6.07) is 7.97. The molecule has 1 aliphatic rings. The van der Waals surface area contributed by atoms with Gasteiger partial charge < -0.3 is 14.4 Å². The zero-order chi connectivity index (χ0) is 18.1. The van der Waals surface area contributed by atoms with Gasteiger partial charge in [-0.15, -0.1) is 0 Å². The molecule has 0 bridgehead atoms. The summed E-state index contributed by atoms with van der Waals surface area (Å²) in [4.78, 5) is 22.8. The molecule has 136 valence electrons. The molecule has 0 aliphatic carbocycles. The third-order valence-corrected chi connectivity index (χ3v) is 5.18. The first-order chi connectivity index (χ1) is 12.7. The number of aryl methyl sites for hydroxylation is 2. The van der Waals surface area contributed by atoms with E-state index in [9.17, 15) is 4.79 Å². The third kappa shape index (κ3) is 3.11. The van der Waals surface area contributed by atoms with E-state index in [4.69, 9.17) is 9.51 Å². The number of hydrogen-bond acceptors (Lipinski definition) is 4. The average molecular weight is 352 g/mol. The first-order valence-corrected chi connectivity index (χ1v) is 9.35. The molecule has 6 heteroatoms. The number of aromatic nitrogens is 3. The summed E-state index contributed by atoms with van der Waals surface area (Å²) in [5, 5.41) is 3.94. The fraction of sp³-hybridized carbons (Fsp3) is 0.450. The number of nitrogens with zero attached hydrogens (tertiary/aromatic N) is 3. The zero-order valence-electron chi connectivity index (χ0n) is 15.3. The van der Waals surface area contributed by atoms with Crippen molar-refractivity contribution in [2.24, 2.45) is 0 Å². The number of piperidine rings is 1. The van der Waals surface area contributed by atoms with Gasteiger partial charge in [-0.2, -0.15) is 0 Å². The van der Waals surface area contributed by atoms with Crippen molar-refractivity contribution in [1.29, 1.82) is 0 Å². The number of aromatic amines is 1. The number of fused-ring (bicyclic) bond motifs is 1. The van der Waals surface area contributed by atoms with Crippen LogP contribution in [-0.4, -0.2) is 39.0 Å². The van der Waals surface area contributed by atoms with Crippen LogP contribution in [0.15, 0.2) is 28.8 Å². The highest BCUT2D eigenvalue weighted by molar-refractivity contribution is 5.92. The van der Waals surface area contributed by atoms with Crippen LogP contribution in [0.3, 0.4) is 0 Å². The van der Waals surface area contributed by atoms with E-state index >= 15 is 0 Å². The van der Waals surface area contributed by atoms with E-state index in [0.717, 1.165) is 61.4 Å². The Labute approximate surface area is 152 Å². The summed E-state index contributed by atoms with van der Waals surface area (Å²) < 4.78 is 5.24. The molecule has 0 spiro atoms. The number of hydrogen-bond donors (Lipinski definition) is 1. The van der Waals surface area contributed by atoms with Gasteiger partial charge in [0.15, 0.2) is 5.69 Å². The second-order valence-electron chi connectivity index (χ2n) is 7.09. The van der Waals surface area contributed by atoms with E-state index in [2.05, 4.69) is 36.1 Å². The SMILES string of the molecule is CCCc1cc(C(=O)N2CCC(c3nc4c(C)cccc4[nH]3)CC2)no1. The number of imidazole rings is 1. The van der Waals surface area contributed by atoms with Crippen LogP contribution in [0.25, 0.3) is 11.0 Å². The fourth-order valence-corrected chi connectivity index (χ4v) is 3.68. The van der Waals surface area contributed by atoms with E-state index in [1.165, 1.54) is 5.56 Å². The summed E-state index contributed by atoms with van der Waals surface area (Å²) in [5.41, 5.74) is 3.74. The highest BCUT2D eigenvalue weighted by Gasteiger charge is 2.28. The Morgan fingerprint density at radius 3 is 2.88 bits per heavy atom. The smallest absolute Gasteiger partial charge is 0.276 e. The van der Waals surface area contributed by atoms with E-state index in [0.29, 0.717) is 11.6 Å². The average Bonchev–Trinajstić information content (AvgIpc) is 3.29. The Bertz CT molecular complexity index is 919. The van der Waals surface area contributed by atoms with Crippen molar-refractivity contribution in [3.8, 4) is 0 Å². The third-order valence-electron chi connectivity index (χ3n) is 5.18. The highest BCUT2D eigenvalue weighted by atomic mass is 16.5. The summed E-state index contributed by atoms with van der Waals surface area (Å²) in [6.07, 6.45) is 3.60. The lowest BCUT2D eigenvalue weighted by molar-refractivity contribution is 0.0700. The molecule has 2 aromatic heterocycles. The minimum absolute atomic E-state index is 0.0324. The Hall–Kier alpha value is -2.63. The van der Waals surface area contributed by atoms with Crippen LogP contribution in [0.4, 0.5) is 0 Å². The van der Waals surface area contributed by atoms with Crippen molar-refractivity contribution in [2.75, 3.05) is 13.1 Å². The van der Waals surface area contributed by atoms with E-state index in [1.807, 2.05) is 11.0 Å². The van der Waals surface area contributed by atoms with Gasteiger partial charge in [0.25, 0.3) is 5.91 Å². The predicted octanol–water partition coefficient (Wildman–Crippen LogP) is 3.83. The van der Waals surface area contributed by atoms with Crippen molar-refractivity contribution in [3.63, 3.8) is 0 Å².